The van der Waals surface area contributed by atoms with Gasteiger partial charge in [-0.1, -0.05) is 0 Å². The molecule has 0 aliphatic rings. The van der Waals surface area contributed by atoms with E-state index in [0.29, 0.717) is 0 Å². The Morgan fingerprint density at radius 3 is 2.55 bits per heavy atom. The highest BCUT2D eigenvalue weighted by atomic mass is 32.2. The SMILES string of the molecule is COC(=O)c1cc(N)ccc1S(=O)(=O)NCC(C)(C)O. The second-order valence-electron chi connectivity index (χ2n) is 4.88. The molecule has 0 saturated carbocycles. The summed E-state index contributed by atoms with van der Waals surface area (Å²) in [4.78, 5) is 11.4. The summed E-state index contributed by atoms with van der Waals surface area (Å²) in [6.45, 7) is 2.72. The van der Waals surface area contributed by atoms with Crippen molar-refractivity contribution >= 4 is 21.7 Å². The smallest absolute Gasteiger partial charge is 0.339 e. The van der Waals surface area contributed by atoms with E-state index in [-0.39, 0.29) is 22.7 Å². The molecule has 0 unspecified atom stereocenters. The van der Waals surface area contributed by atoms with Gasteiger partial charge in [0.15, 0.2) is 0 Å². The van der Waals surface area contributed by atoms with Crippen molar-refractivity contribution in [3.05, 3.63) is 23.8 Å². The molecule has 8 heteroatoms. The van der Waals surface area contributed by atoms with Gasteiger partial charge in [-0.2, -0.15) is 0 Å². The van der Waals surface area contributed by atoms with Crippen LogP contribution in [0.5, 0.6) is 0 Å². The van der Waals surface area contributed by atoms with Crippen LogP contribution in [0.25, 0.3) is 0 Å². The molecule has 0 heterocycles. The Labute approximate surface area is 117 Å². The summed E-state index contributed by atoms with van der Waals surface area (Å²) in [6, 6.07) is 3.81. The first kappa shape index (κ1) is 16.4. The van der Waals surface area contributed by atoms with Gasteiger partial charge < -0.3 is 15.6 Å². The summed E-state index contributed by atoms with van der Waals surface area (Å²) < 4.78 is 31.1. The van der Waals surface area contributed by atoms with Crippen molar-refractivity contribution in [1.29, 1.82) is 0 Å². The lowest BCUT2D eigenvalue weighted by Gasteiger charge is -2.18. The molecule has 0 amide bonds. The van der Waals surface area contributed by atoms with E-state index in [4.69, 9.17) is 5.73 Å². The molecule has 7 nitrogen and oxygen atoms in total. The molecule has 0 aliphatic heterocycles. The number of hydrogen-bond donors (Lipinski definition) is 3. The molecule has 0 aliphatic carbocycles. The number of nitrogens with one attached hydrogen (secondary N) is 1. The Morgan fingerprint density at radius 2 is 2.05 bits per heavy atom. The van der Waals surface area contributed by atoms with Crippen LogP contribution in [0.1, 0.15) is 24.2 Å². The zero-order valence-corrected chi connectivity index (χ0v) is 12.3. The van der Waals surface area contributed by atoms with E-state index >= 15 is 0 Å². The first-order chi connectivity index (χ1) is 9.07. The summed E-state index contributed by atoms with van der Waals surface area (Å²) in [5, 5.41) is 9.56. The maximum atomic E-state index is 12.2. The summed E-state index contributed by atoms with van der Waals surface area (Å²) >= 11 is 0. The van der Waals surface area contributed by atoms with Crippen molar-refractivity contribution in [1.82, 2.24) is 4.72 Å². The Bertz CT molecular complexity index is 605. The lowest BCUT2D eigenvalue weighted by atomic mass is 10.1. The summed E-state index contributed by atoms with van der Waals surface area (Å²) in [6.07, 6.45) is 0. The van der Waals surface area contributed by atoms with Crippen LogP contribution in [-0.4, -0.2) is 38.7 Å². The molecule has 0 saturated heterocycles. The van der Waals surface area contributed by atoms with Gasteiger partial charge in [0.05, 0.1) is 23.2 Å². The van der Waals surface area contributed by atoms with Gasteiger partial charge in [0.2, 0.25) is 10.0 Å². The number of esters is 1. The third-order valence-corrected chi connectivity index (χ3v) is 3.85. The van der Waals surface area contributed by atoms with E-state index in [1.54, 1.807) is 0 Å². The van der Waals surface area contributed by atoms with Crippen molar-refractivity contribution in [2.45, 2.75) is 24.3 Å². The van der Waals surface area contributed by atoms with Crippen LogP contribution in [0.15, 0.2) is 23.1 Å². The molecule has 112 valence electrons. The minimum Gasteiger partial charge on any atom is -0.465 e. The van der Waals surface area contributed by atoms with E-state index in [0.717, 1.165) is 7.11 Å². The molecular formula is C12H18N2O5S. The van der Waals surface area contributed by atoms with Crippen LogP contribution in [0, 0.1) is 0 Å². The number of carbonyl (C=O) groups is 1. The number of rotatable bonds is 5. The number of nitrogens with two attached hydrogens (primary N) is 1. The highest BCUT2D eigenvalue weighted by Gasteiger charge is 2.25. The van der Waals surface area contributed by atoms with Gasteiger partial charge in [-0.3, -0.25) is 0 Å². The molecule has 1 rings (SSSR count). The van der Waals surface area contributed by atoms with Crippen molar-refractivity contribution < 1.29 is 23.1 Å². The third kappa shape index (κ3) is 4.19. The Kier molecular flexibility index (Phi) is 4.74. The van der Waals surface area contributed by atoms with E-state index in [1.807, 2.05) is 0 Å². The van der Waals surface area contributed by atoms with Gasteiger partial charge in [0, 0.05) is 12.2 Å². The van der Waals surface area contributed by atoms with Crippen LogP contribution in [0.3, 0.4) is 0 Å². The van der Waals surface area contributed by atoms with Gasteiger partial charge in [-0.05, 0) is 32.0 Å². The van der Waals surface area contributed by atoms with Gasteiger partial charge in [-0.25, -0.2) is 17.9 Å². The van der Waals surface area contributed by atoms with Crippen LogP contribution < -0.4 is 10.5 Å². The minimum absolute atomic E-state index is 0.157. The van der Waals surface area contributed by atoms with Gasteiger partial charge in [0.25, 0.3) is 0 Å². The van der Waals surface area contributed by atoms with E-state index < -0.39 is 21.6 Å². The molecule has 0 aromatic heterocycles. The molecule has 0 atom stereocenters. The second-order valence-corrected chi connectivity index (χ2v) is 6.62. The molecule has 0 bridgehead atoms. The quantitative estimate of drug-likeness (QED) is 0.524. The summed E-state index contributed by atoms with van der Waals surface area (Å²) in [5.74, 6) is -0.805. The van der Waals surface area contributed by atoms with Crippen LogP contribution >= 0.6 is 0 Å². The highest BCUT2D eigenvalue weighted by molar-refractivity contribution is 7.89. The third-order valence-electron chi connectivity index (χ3n) is 2.39. The second kappa shape index (κ2) is 5.78. The average molecular weight is 302 g/mol. The molecule has 1 aromatic rings. The monoisotopic (exact) mass is 302 g/mol. The number of sulfonamides is 1. The maximum Gasteiger partial charge on any atom is 0.339 e. The molecule has 20 heavy (non-hydrogen) atoms. The first-order valence-electron chi connectivity index (χ1n) is 5.77. The standard InChI is InChI=1S/C12H18N2O5S/c1-12(2,16)7-14-20(17,18)10-5-4-8(13)6-9(10)11(15)19-3/h4-6,14,16H,7,13H2,1-3H3. The predicted octanol–water partition coefficient (Wildman–Crippen LogP) is 0.105. The van der Waals surface area contributed by atoms with E-state index in [9.17, 15) is 18.3 Å². The number of hydrogen-bond acceptors (Lipinski definition) is 6. The normalized spacial score (nSPS) is 12.2. The Morgan fingerprint density at radius 1 is 1.45 bits per heavy atom. The number of ether oxygens (including phenoxy) is 1. The van der Waals surface area contributed by atoms with Gasteiger partial charge in [0.1, 0.15) is 0 Å². The van der Waals surface area contributed by atoms with Crippen LogP contribution in [-0.2, 0) is 14.8 Å². The zero-order chi connectivity index (χ0) is 15.6. The maximum absolute atomic E-state index is 12.2. The lowest BCUT2D eigenvalue weighted by molar-refractivity contribution is 0.0596. The zero-order valence-electron chi connectivity index (χ0n) is 11.5. The number of aliphatic hydroxyl groups is 1. The fraction of sp³-hybridized carbons (Fsp3) is 0.417. The van der Waals surface area contributed by atoms with E-state index in [2.05, 4.69) is 9.46 Å². The van der Waals surface area contributed by atoms with E-state index in [1.165, 1.54) is 32.0 Å². The number of carbonyl (C=O) groups excluding carboxylic acids is 1. The molecule has 4 N–H and O–H groups in total. The fourth-order valence-corrected chi connectivity index (χ4v) is 2.78. The number of nitrogen functional groups attached to an aromatic ring is 1. The summed E-state index contributed by atoms with van der Waals surface area (Å²) in [7, 11) is -2.82. The largest absolute Gasteiger partial charge is 0.465 e. The van der Waals surface area contributed by atoms with Crippen molar-refractivity contribution in [3.63, 3.8) is 0 Å². The first-order valence-corrected chi connectivity index (χ1v) is 7.25. The summed E-state index contributed by atoms with van der Waals surface area (Å²) in [5.41, 5.74) is 4.41. The highest BCUT2D eigenvalue weighted by Crippen LogP contribution is 2.20. The minimum atomic E-state index is -3.96. The molecular weight excluding hydrogens is 284 g/mol. The molecule has 0 spiro atoms. The number of methoxy groups -OCH3 is 1. The Balaban J connectivity index is 3.21. The lowest BCUT2D eigenvalue weighted by Crippen LogP contribution is -2.38. The predicted molar refractivity (Wildman–Crippen MR) is 73.7 cm³/mol. The number of anilines is 1. The average Bonchev–Trinajstić information content (AvgIpc) is 2.34. The van der Waals surface area contributed by atoms with Crippen LogP contribution in [0.4, 0.5) is 5.69 Å². The van der Waals surface area contributed by atoms with Crippen molar-refractivity contribution in [2.24, 2.45) is 0 Å². The van der Waals surface area contributed by atoms with Crippen molar-refractivity contribution in [2.75, 3.05) is 19.4 Å². The Hall–Kier alpha value is -1.64. The molecule has 0 radical (unpaired) electrons. The van der Waals surface area contributed by atoms with Gasteiger partial charge >= 0.3 is 5.97 Å². The van der Waals surface area contributed by atoms with Gasteiger partial charge in [-0.15, -0.1) is 0 Å². The number of benzene rings is 1. The molecule has 0 fully saturated rings. The topological polar surface area (TPSA) is 119 Å². The van der Waals surface area contributed by atoms with Crippen LogP contribution in [0.2, 0.25) is 0 Å². The fourth-order valence-electron chi connectivity index (χ4n) is 1.40. The van der Waals surface area contributed by atoms with Crippen molar-refractivity contribution in [3.8, 4) is 0 Å². The molecule has 1 aromatic carbocycles.